The number of esters is 1. The van der Waals surface area contributed by atoms with E-state index in [1.807, 2.05) is 25.1 Å². The van der Waals surface area contributed by atoms with E-state index in [0.29, 0.717) is 11.3 Å². The highest BCUT2D eigenvalue weighted by Gasteiger charge is 2.36. The van der Waals surface area contributed by atoms with E-state index >= 15 is 0 Å². The van der Waals surface area contributed by atoms with Crippen LogP contribution in [0.15, 0.2) is 65.3 Å². The molecule has 0 radical (unpaired) electrons. The summed E-state index contributed by atoms with van der Waals surface area (Å²) in [5.41, 5.74) is 10.9. The largest absolute Gasteiger partial charge is 0.493 e. The fourth-order valence-corrected chi connectivity index (χ4v) is 3.57. The number of nitriles is 1. The van der Waals surface area contributed by atoms with Crippen LogP contribution in [0.5, 0.6) is 11.5 Å². The number of methoxy groups -OCH3 is 1. The summed E-state index contributed by atoms with van der Waals surface area (Å²) in [6.07, 6.45) is 0. The van der Waals surface area contributed by atoms with Gasteiger partial charge in [-0.05, 0) is 50.6 Å². The zero-order valence-electron chi connectivity index (χ0n) is 20.4. The van der Waals surface area contributed by atoms with Crippen molar-refractivity contribution in [2.75, 3.05) is 25.8 Å². The lowest BCUT2D eigenvalue weighted by molar-refractivity contribution is -0.143. The number of aryl methyl sites for hydroxylation is 1. The van der Waals surface area contributed by atoms with Gasteiger partial charge < -0.3 is 29.5 Å². The number of carbonyl (C=O) groups excluding carboxylic acids is 2. The van der Waals surface area contributed by atoms with Crippen LogP contribution in [0.1, 0.15) is 30.9 Å². The smallest absolute Gasteiger partial charge is 0.369 e. The molecule has 1 aliphatic rings. The molecule has 0 amide bonds. The van der Waals surface area contributed by atoms with Crippen LogP contribution in [0.25, 0.3) is 0 Å². The van der Waals surface area contributed by atoms with Crippen LogP contribution in [0, 0.1) is 18.3 Å². The molecule has 3 N–H and O–H groups in total. The molecule has 10 nitrogen and oxygen atoms in total. The van der Waals surface area contributed by atoms with Crippen LogP contribution in [0.4, 0.5) is 5.69 Å². The van der Waals surface area contributed by atoms with Gasteiger partial charge >= 0.3 is 11.9 Å². The lowest BCUT2D eigenvalue weighted by Crippen LogP contribution is -2.25. The summed E-state index contributed by atoms with van der Waals surface area (Å²) in [6.45, 7) is 4.96. The zero-order valence-corrected chi connectivity index (χ0v) is 20.4. The average Bonchev–Trinajstić information content (AvgIpc) is 2.86. The van der Waals surface area contributed by atoms with Crippen LogP contribution >= 0.6 is 0 Å². The van der Waals surface area contributed by atoms with Gasteiger partial charge in [0.2, 0.25) is 5.88 Å². The molecule has 10 heteroatoms. The summed E-state index contributed by atoms with van der Waals surface area (Å²) < 4.78 is 21.6. The quantitative estimate of drug-likeness (QED) is 0.393. The molecule has 0 fully saturated rings. The van der Waals surface area contributed by atoms with E-state index in [4.69, 9.17) is 29.5 Å². The highest BCUT2D eigenvalue weighted by atomic mass is 16.7. The lowest BCUT2D eigenvalue weighted by Gasteiger charge is -2.27. The van der Waals surface area contributed by atoms with E-state index in [1.54, 1.807) is 44.2 Å². The van der Waals surface area contributed by atoms with Crippen molar-refractivity contribution >= 4 is 17.6 Å². The summed E-state index contributed by atoms with van der Waals surface area (Å²) in [4.78, 5) is 29.8. The molecule has 1 atom stereocenters. The van der Waals surface area contributed by atoms with E-state index in [0.717, 1.165) is 5.56 Å². The molecule has 3 rings (SSSR count). The number of allylic oxidation sites excluding steroid dienone is 2. The minimum absolute atomic E-state index is 0.0603. The molecule has 36 heavy (non-hydrogen) atoms. The maximum Gasteiger partial charge on any atom is 0.369 e. The highest BCUT2D eigenvalue weighted by molar-refractivity contribution is 5.92. The predicted octanol–water partition coefficient (Wildman–Crippen LogP) is 3.60. The van der Waals surface area contributed by atoms with Crippen molar-refractivity contribution in [3.05, 3.63) is 76.4 Å². The number of nitrogens with zero attached hydrogens (tertiary/aromatic N) is 1. The number of nitrogens with two attached hydrogens (primary N) is 1. The molecule has 0 aliphatic carbocycles. The van der Waals surface area contributed by atoms with Gasteiger partial charge in [0.1, 0.15) is 17.4 Å². The van der Waals surface area contributed by atoms with Crippen molar-refractivity contribution in [1.29, 1.82) is 5.26 Å². The van der Waals surface area contributed by atoms with Crippen LogP contribution in [0.3, 0.4) is 0 Å². The summed E-state index contributed by atoms with van der Waals surface area (Å²) >= 11 is 0. The third-order valence-corrected chi connectivity index (χ3v) is 5.30. The van der Waals surface area contributed by atoms with E-state index in [9.17, 15) is 14.9 Å². The molecule has 0 spiro atoms. The van der Waals surface area contributed by atoms with Gasteiger partial charge in [-0.2, -0.15) is 5.26 Å². The first kappa shape index (κ1) is 26.0. The maximum atomic E-state index is 12.7. The number of benzene rings is 2. The second-order valence-electron chi connectivity index (χ2n) is 7.76. The van der Waals surface area contributed by atoms with Crippen LogP contribution in [-0.2, 0) is 23.9 Å². The Morgan fingerprint density at radius 1 is 1.14 bits per heavy atom. The number of carbonyl (C=O) groups is 2. The molecule has 2 aromatic carbocycles. The number of hydrogen-bond acceptors (Lipinski definition) is 10. The number of rotatable bonds is 9. The van der Waals surface area contributed by atoms with Crippen LogP contribution in [-0.4, -0.2) is 32.3 Å². The zero-order chi connectivity index (χ0) is 26.2. The van der Waals surface area contributed by atoms with Gasteiger partial charge in [0.05, 0.1) is 30.9 Å². The van der Waals surface area contributed by atoms with Crippen molar-refractivity contribution < 1.29 is 33.4 Å². The normalized spacial score (nSPS) is 14.9. The standard InChI is InChI=1S/C26H27N3O7/c1-5-33-26(31)23-16(3)35-25(28)19(13-27)24(23)17-8-11-20(21(12-17)32-4)34-14-22(30)36-29-18-9-6-15(2)7-10-18/h6-12,24,29H,5,14,28H2,1-4H3. The Hall–Kier alpha value is -4.65. The summed E-state index contributed by atoms with van der Waals surface area (Å²) in [6, 6.07) is 14.1. The van der Waals surface area contributed by atoms with Gasteiger partial charge in [0.15, 0.2) is 18.1 Å². The summed E-state index contributed by atoms with van der Waals surface area (Å²) in [5, 5.41) is 9.73. The fraction of sp³-hybridized carbons (Fsp3) is 0.269. The molecule has 0 saturated carbocycles. The Bertz CT molecular complexity index is 1240. The molecule has 0 aromatic heterocycles. The van der Waals surface area contributed by atoms with Gasteiger partial charge in [-0.25, -0.2) is 15.1 Å². The van der Waals surface area contributed by atoms with Gasteiger partial charge in [-0.15, -0.1) is 0 Å². The third-order valence-electron chi connectivity index (χ3n) is 5.30. The molecule has 1 unspecified atom stereocenters. The van der Waals surface area contributed by atoms with Crippen LogP contribution in [0.2, 0.25) is 0 Å². The van der Waals surface area contributed by atoms with Crippen molar-refractivity contribution in [1.82, 2.24) is 0 Å². The Kier molecular flexibility index (Phi) is 8.41. The Morgan fingerprint density at radius 2 is 1.86 bits per heavy atom. The molecule has 0 saturated heterocycles. The van der Waals surface area contributed by atoms with E-state index < -0.39 is 24.5 Å². The predicted molar refractivity (Wildman–Crippen MR) is 129 cm³/mol. The molecule has 188 valence electrons. The van der Waals surface area contributed by atoms with Crippen molar-refractivity contribution in [3.8, 4) is 17.6 Å². The first-order chi connectivity index (χ1) is 17.3. The van der Waals surface area contributed by atoms with Gasteiger partial charge in [-0.3, -0.25) is 0 Å². The van der Waals surface area contributed by atoms with Crippen LogP contribution < -0.4 is 20.7 Å². The Morgan fingerprint density at radius 3 is 2.50 bits per heavy atom. The SMILES string of the molecule is CCOC(=O)C1=C(C)OC(N)=C(C#N)C1c1ccc(OCC(=O)ONc2ccc(C)cc2)c(OC)c1. The average molecular weight is 494 g/mol. The minimum atomic E-state index is -0.838. The second kappa shape index (κ2) is 11.7. The molecule has 2 aromatic rings. The number of anilines is 1. The van der Waals surface area contributed by atoms with Gasteiger partial charge in [0.25, 0.3) is 0 Å². The summed E-state index contributed by atoms with van der Waals surface area (Å²) in [7, 11) is 1.43. The Labute approximate surface area is 208 Å². The monoisotopic (exact) mass is 493 g/mol. The third kappa shape index (κ3) is 5.88. The fourth-order valence-electron chi connectivity index (χ4n) is 3.57. The Balaban J connectivity index is 1.79. The molecular formula is C26H27N3O7. The molecular weight excluding hydrogens is 466 g/mol. The second-order valence-corrected chi connectivity index (χ2v) is 7.76. The lowest BCUT2D eigenvalue weighted by atomic mass is 9.83. The van der Waals surface area contributed by atoms with Gasteiger partial charge in [-0.1, -0.05) is 23.8 Å². The highest BCUT2D eigenvalue weighted by Crippen LogP contribution is 2.42. The van der Waals surface area contributed by atoms with Crippen molar-refractivity contribution in [3.63, 3.8) is 0 Å². The first-order valence-electron chi connectivity index (χ1n) is 11.1. The van der Waals surface area contributed by atoms with Gasteiger partial charge in [0, 0.05) is 0 Å². The number of hydrogen-bond donors (Lipinski definition) is 2. The van der Waals surface area contributed by atoms with E-state index in [-0.39, 0.29) is 40.9 Å². The van der Waals surface area contributed by atoms with Crippen molar-refractivity contribution in [2.45, 2.75) is 26.7 Å². The molecule has 0 bridgehead atoms. The van der Waals surface area contributed by atoms with Crippen molar-refractivity contribution in [2.24, 2.45) is 5.73 Å². The number of ether oxygens (including phenoxy) is 4. The minimum Gasteiger partial charge on any atom is -0.493 e. The summed E-state index contributed by atoms with van der Waals surface area (Å²) in [5.74, 6) is -1.45. The topological polar surface area (TPSA) is 142 Å². The molecule has 1 aliphatic heterocycles. The van der Waals surface area contributed by atoms with E-state index in [1.165, 1.54) is 7.11 Å². The van der Waals surface area contributed by atoms with E-state index in [2.05, 4.69) is 5.48 Å². The first-order valence-corrected chi connectivity index (χ1v) is 11.1. The number of nitrogens with one attached hydrogen (secondary N) is 1. The molecule has 1 heterocycles. The maximum absolute atomic E-state index is 12.7.